The van der Waals surface area contributed by atoms with Gasteiger partial charge in [-0.2, -0.15) is 0 Å². The highest BCUT2D eigenvalue weighted by molar-refractivity contribution is 6.35. The van der Waals surface area contributed by atoms with Crippen molar-refractivity contribution in [3.8, 4) is 5.75 Å². The maximum Gasteiger partial charge on any atom is 0.311 e. The highest BCUT2D eigenvalue weighted by Gasteiger charge is 2.27. The van der Waals surface area contributed by atoms with Crippen molar-refractivity contribution in [3.63, 3.8) is 0 Å². The van der Waals surface area contributed by atoms with Gasteiger partial charge in [-0.3, -0.25) is 24.0 Å². The summed E-state index contributed by atoms with van der Waals surface area (Å²) in [7, 11) is 0. The summed E-state index contributed by atoms with van der Waals surface area (Å²) >= 11 is 0. The lowest BCUT2D eigenvalue weighted by molar-refractivity contribution is -0.152. The van der Waals surface area contributed by atoms with Crippen molar-refractivity contribution in [1.82, 2.24) is 15.2 Å². The van der Waals surface area contributed by atoms with Gasteiger partial charge in [-0.1, -0.05) is 13.8 Å². The van der Waals surface area contributed by atoms with E-state index < -0.39 is 18.0 Å². The van der Waals surface area contributed by atoms with E-state index in [0.29, 0.717) is 52.2 Å². The molecule has 2 amide bonds. The predicted octanol–water partition coefficient (Wildman–Crippen LogP) is 3.01. The van der Waals surface area contributed by atoms with E-state index in [1.807, 2.05) is 13.8 Å². The molecule has 0 saturated heterocycles. The van der Waals surface area contributed by atoms with Crippen molar-refractivity contribution >= 4 is 47.4 Å². The monoisotopic (exact) mass is 552 g/mol. The molecule has 214 valence electrons. The highest BCUT2D eigenvalue weighted by atomic mass is 16.5. The van der Waals surface area contributed by atoms with E-state index in [1.165, 1.54) is 13.0 Å². The summed E-state index contributed by atoms with van der Waals surface area (Å²) in [6.07, 6.45) is 0.810. The summed E-state index contributed by atoms with van der Waals surface area (Å²) in [5.74, 6) is -1.65. The van der Waals surface area contributed by atoms with E-state index in [2.05, 4.69) is 34.4 Å². The minimum absolute atomic E-state index is 0.182. The van der Waals surface area contributed by atoms with Crippen LogP contribution in [-0.4, -0.2) is 72.2 Å². The van der Waals surface area contributed by atoms with Crippen LogP contribution in [0.5, 0.6) is 5.75 Å². The Hall–Kier alpha value is -4.25. The number of aromatic amines is 1. The second kappa shape index (κ2) is 13.7. The number of aryl methyl sites for hydroxylation is 1. The number of benzene rings is 1. The summed E-state index contributed by atoms with van der Waals surface area (Å²) in [6, 6.07) is 4.73. The number of carbonyl (C=O) groups is 5. The molecular formula is C29H36N4O7. The molecule has 0 fully saturated rings. The third-order valence-electron chi connectivity index (χ3n) is 6.65. The topological polar surface area (TPSA) is 147 Å². The summed E-state index contributed by atoms with van der Waals surface area (Å²) in [6.45, 7) is 12.3. The van der Waals surface area contributed by atoms with E-state index >= 15 is 0 Å². The fraction of sp³-hybridized carbons (Fsp3) is 0.414. The quantitative estimate of drug-likeness (QED) is 0.149. The SMILES string of the molecule is CCN(CC)CCNC(=O)c1c(C)[nH]c(/C=C2\C(=O)Nc3ccc(OC(=O)CCC(=O)O[C@@H](C)C=O)cc32)c1C. The predicted molar refractivity (Wildman–Crippen MR) is 150 cm³/mol. The van der Waals surface area contributed by atoms with E-state index in [-0.39, 0.29) is 30.4 Å². The van der Waals surface area contributed by atoms with Crippen LogP contribution in [0.3, 0.4) is 0 Å². The number of likely N-dealkylation sites (N-methyl/N-ethyl adjacent to an activating group) is 1. The van der Waals surface area contributed by atoms with Crippen molar-refractivity contribution < 1.29 is 33.4 Å². The zero-order chi connectivity index (χ0) is 29.4. The number of rotatable bonds is 13. The molecule has 0 unspecified atom stereocenters. The number of aldehydes is 1. The molecule has 40 heavy (non-hydrogen) atoms. The average molecular weight is 553 g/mol. The van der Waals surface area contributed by atoms with Crippen LogP contribution < -0.4 is 15.4 Å². The first kappa shape index (κ1) is 30.3. The number of hydrogen-bond acceptors (Lipinski definition) is 8. The number of aromatic nitrogens is 1. The molecule has 1 aromatic heterocycles. The number of nitrogens with one attached hydrogen (secondary N) is 3. The maximum atomic E-state index is 12.9. The van der Waals surface area contributed by atoms with Gasteiger partial charge < -0.3 is 30.0 Å². The largest absolute Gasteiger partial charge is 0.455 e. The normalized spacial score (nSPS) is 14.1. The first-order valence-electron chi connectivity index (χ1n) is 13.3. The van der Waals surface area contributed by atoms with Crippen LogP contribution in [0, 0.1) is 13.8 Å². The molecule has 0 saturated carbocycles. The van der Waals surface area contributed by atoms with Crippen LogP contribution in [0.4, 0.5) is 5.69 Å². The first-order chi connectivity index (χ1) is 19.1. The second-order valence-electron chi connectivity index (χ2n) is 9.47. The molecule has 2 heterocycles. The smallest absolute Gasteiger partial charge is 0.311 e. The van der Waals surface area contributed by atoms with Crippen LogP contribution in [0.1, 0.15) is 66.5 Å². The van der Waals surface area contributed by atoms with Gasteiger partial charge in [0.1, 0.15) is 5.75 Å². The fourth-order valence-electron chi connectivity index (χ4n) is 4.41. The molecule has 1 aliphatic rings. The van der Waals surface area contributed by atoms with Crippen molar-refractivity contribution in [2.45, 2.75) is 53.6 Å². The molecule has 2 aromatic rings. The Kier molecular flexibility index (Phi) is 10.4. The molecule has 1 atom stereocenters. The van der Waals surface area contributed by atoms with Gasteiger partial charge in [0.15, 0.2) is 12.4 Å². The first-order valence-corrected chi connectivity index (χ1v) is 13.3. The van der Waals surface area contributed by atoms with Gasteiger partial charge in [0.05, 0.1) is 24.0 Å². The van der Waals surface area contributed by atoms with Gasteiger partial charge in [0.2, 0.25) is 0 Å². The molecule has 3 rings (SSSR count). The average Bonchev–Trinajstić information content (AvgIpc) is 3.38. The second-order valence-corrected chi connectivity index (χ2v) is 9.47. The van der Waals surface area contributed by atoms with E-state index in [4.69, 9.17) is 9.47 Å². The number of fused-ring (bicyclic) bond motifs is 1. The Morgan fingerprint density at radius 2 is 1.80 bits per heavy atom. The van der Waals surface area contributed by atoms with E-state index in [9.17, 15) is 24.0 Å². The number of ether oxygens (including phenoxy) is 2. The minimum Gasteiger partial charge on any atom is -0.455 e. The lowest BCUT2D eigenvalue weighted by atomic mass is 10.0. The third kappa shape index (κ3) is 7.44. The zero-order valence-corrected chi connectivity index (χ0v) is 23.5. The van der Waals surface area contributed by atoms with Gasteiger partial charge >= 0.3 is 11.9 Å². The molecule has 0 spiro atoms. The van der Waals surface area contributed by atoms with E-state index in [0.717, 1.165) is 19.6 Å². The lowest BCUT2D eigenvalue weighted by Crippen LogP contribution is -2.35. The molecule has 1 aromatic carbocycles. The van der Waals surface area contributed by atoms with Crippen molar-refractivity contribution in [2.24, 2.45) is 0 Å². The number of carbonyl (C=O) groups excluding carboxylic acids is 5. The number of hydrogen-bond donors (Lipinski definition) is 3. The number of anilines is 1. The zero-order valence-electron chi connectivity index (χ0n) is 23.5. The van der Waals surface area contributed by atoms with Crippen LogP contribution in [-0.2, 0) is 23.9 Å². The van der Waals surface area contributed by atoms with Crippen molar-refractivity contribution in [1.29, 1.82) is 0 Å². The van der Waals surface area contributed by atoms with Crippen LogP contribution in [0.25, 0.3) is 11.6 Å². The Bertz CT molecular complexity index is 1320. The lowest BCUT2D eigenvalue weighted by Gasteiger charge is -2.18. The Labute approximate surface area is 233 Å². The van der Waals surface area contributed by atoms with Crippen LogP contribution in [0.2, 0.25) is 0 Å². The molecule has 0 bridgehead atoms. The molecule has 3 N–H and O–H groups in total. The molecule has 0 radical (unpaired) electrons. The molecule has 1 aliphatic heterocycles. The fourth-order valence-corrected chi connectivity index (χ4v) is 4.41. The minimum atomic E-state index is -0.884. The van der Waals surface area contributed by atoms with E-state index in [1.54, 1.807) is 18.2 Å². The number of nitrogens with zero attached hydrogens (tertiary/aromatic N) is 1. The highest BCUT2D eigenvalue weighted by Crippen LogP contribution is 2.36. The summed E-state index contributed by atoms with van der Waals surface area (Å²) in [4.78, 5) is 65.7. The van der Waals surface area contributed by atoms with Crippen molar-refractivity contribution in [3.05, 3.63) is 46.3 Å². The van der Waals surface area contributed by atoms with Gasteiger partial charge in [-0.15, -0.1) is 0 Å². The summed E-state index contributed by atoms with van der Waals surface area (Å²) in [5.41, 5.74) is 3.99. The standard InChI is InChI=1S/C29H36N4O7/c1-6-33(7-2)13-12-30-29(38)27-18(4)24(31-19(27)5)15-22-21-14-20(8-9-23(21)32-28(22)37)40-26(36)11-10-25(35)39-17(3)16-34/h8-9,14-17,31H,6-7,10-13H2,1-5H3,(H,30,38)(H,32,37)/b22-15-/t17-/m0/s1. The molecule has 0 aliphatic carbocycles. The Balaban J connectivity index is 1.73. The molecular weight excluding hydrogens is 516 g/mol. The maximum absolute atomic E-state index is 12.9. The van der Waals surface area contributed by atoms with Crippen LogP contribution in [0.15, 0.2) is 18.2 Å². The van der Waals surface area contributed by atoms with Gasteiger partial charge in [0.25, 0.3) is 11.8 Å². The number of amides is 2. The van der Waals surface area contributed by atoms with Gasteiger partial charge in [-0.25, -0.2) is 0 Å². The third-order valence-corrected chi connectivity index (χ3v) is 6.65. The molecule has 11 heteroatoms. The van der Waals surface area contributed by atoms with Crippen LogP contribution >= 0.6 is 0 Å². The summed E-state index contributed by atoms with van der Waals surface area (Å²) < 4.78 is 10.2. The van der Waals surface area contributed by atoms with Gasteiger partial charge in [-0.05, 0) is 63.7 Å². The Morgan fingerprint density at radius 1 is 1.10 bits per heavy atom. The summed E-state index contributed by atoms with van der Waals surface area (Å²) in [5, 5.41) is 5.76. The van der Waals surface area contributed by atoms with Crippen molar-refractivity contribution in [2.75, 3.05) is 31.5 Å². The number of esters is 2. The Morgan fingerprint density at radius 3 is 2.48 bits per heavy atom. The molecule has 11 nitrogen and oxygen atoms in total. The number of H-pyrrole nitrogens is 1. The van der Waals surface area contributed by atoms with Gasteiger partial charge in [0, 0.05) is 35.7 Å².